The Kier molecular flexibility index (Phi) is 5.44. The van der Waals surface area contributed by atoms with Crippen molar-refractivity contribution in [3.63, 3.8) is 0 Å². The molecule has 4 rings (SSSR count). The molecule has 32 heavy (non-hydrogen) atoms. The van der Waals surface area contributed by atoms with Gasteiger partial charge in [0, 0.05) is 23.0 Å². The minimum atomic E-state index is -4.01. The minimum Gasteiger partial charge on any atom is -0.369 e. The standard InChI is InChI=1S/C22H21ClN4O4S/c1-22(2,3)13-4-6-14(7-5-13)32(30,31)26-16-9-8-15(23)18-19(16)21(29)27(20(18)28)17-12-24-10-11-25-17/h4-12,20,26,28H,1-3H3. The molecule has 0 fully saturated rings. The fourth-order valence-electron chi connectivity index (χ4n) is 3.51. The van der Waals surface area contributed by atoms with Gasteiger partial charge in [0.1, 0.15) is 0 Å². The number of fused-ring (bicyclic) bond motifs is 1. The first-order valence-corrected chi connectivity index (χ1v) is 11.6. The lowest BCUT2D eigenvalue weighted by molar-refractivity contribution is 0.0934. The summed E-state index contributed by atoms with van der Waals surface area (Å²) in [6.07, 6.45) is 2.70. The van der Waals surface area contributed by atoms with Crippen LogP contribution in [0.1, 0.15) is 48.5 Å². The molecule has 0 aliphatic carbocycles. The predicted octanol–water partition coefficient (Wildman–Crippen LogP) is 3.88. The summed E-state index contributed by atoms with van der Waals surface area (Å²) in [7, 11) is -4.01. The van der Waals surface area contributed by atoms with Crippen LogP contribution in [0.2, 0.25) is 5.02 Å². The molecule has 10 heteroatoms. The number of nitrogens with zero attached hydrogens (tertiary/aromatic N) is 3. The third-order valence-electron chi connectivity index (χ3n) is 5.20. The number of rotatable bonds is 4. The molecule has 2 N–H and O–H groups in total. The van der Waals surface area contributed by atoms with Crippen molar-refractivity contribution >= 4 is 39.0 Å². The van der Waals surface area contributed by atoms with Crippen LogP contribution in [0.25, 0.3) is 0 Å². The van der Waals surface area contributed by atoms with Crippen LogP contribution in [0, 0.1) is 0 Å². The largest absolute Gasteiger partial charge is 0.369 e. The van der Waals surface area contributed by atoms with Crippen molar-refractivity contribution in [2.45, 2.75) is 37.3 Å². The lowest BCUT2D eigenvalue weighted by atomic mass is 9.87. The van der Waals surface area contributed by atoms with Gasteiger partial charge in [-0.15, -0.1) is 0 Å². The number of halogens is 1. The van der Waals surface area contributed by atoms with E-state index < -0.39 is 22.2 Å². The Morgan fingerprint density at radius 3 is 2.38 bits per heavy atom. The van der Waals surface area contributed by atoms with E-state index in [1.54, 1.807) is 12.1 Å². The van der Waals surface area contributed by atoms with Gasteiger partial charge in [0.05, 0.1) is 22.3 Å². The quantitative estimate of drug-likeness (QED) is 0.595. The number of hydrogen-bond acceptors (Lipinski definition) is 6. The summed E-state index contributed by atoms with van der Waals surface area (Å²) < 4.78 is 28.5. The molecule has 1 aliphatic rings. The number of aromatic nitrogens is 2. The van der Waals surface area contributed by atoms with Gasteiger partial charge in [-0.1, -0.05) is 44.5 Å². The third-order valence-corrected chi connectivity index (χ3v) is 6.91. The van der Waals surface area contributed by atoms with Crippen LogP contribution >= 0.6 is 11.6 Å². The van der Waals surface area contributed by atoms with Gasteiger partial charge in [-0.25, -0.2) is 13.4 Å². The van der Waals surface area contributed by atoms with Crippen LogP contribution < -0.4 is 9.62 Å². The van der Waals surface area contributed by atoms with Crippen LogP contribution in [-0.2, 0) is 15.4 Å². The van der Waals surface area contributed by atoms with Crippen LogP contribution in [0.3, 0.4) is 0 Å². The Labute approximate surface area is 190 Å². The highest BCUT2D eigenvalue weighted by atomic mass is 35.5. The predicted molar refractivity (Wildman–Crippen MR) is 121 cm³/mol. The third kappa shape index (κ3) is 3.83. The average Bonchev–Trinajstić information content (AvgIpc) is 3.01. The van der Waals surface area contributed by atoms with Gasteiger partial charge in [0.2, 0.25) is 0 Å². The fraction of sp³-hybridized carbons (Fsp3) is 0.227. The lowest BCUT2D eigenvalue weighted by Crippen LogP contribution is -2.28. The molecule has 1 amide bonds. The summed E-state index contributed by atoms with van der Waals surface area (Å²) in [5.41, 5.74) is 0.941. The van der Waals surface area contributed by atoms with Crippen molar-refractivity contribution in [3.05, 3.63) is 76.7 Å². The Bertz CT molecular complexity index is 1290. The summed E-state index contributed by atoms with van der Waals surface area (Å²) in [6.45, 7) is 6.10. The Balaban J connectivity index is 1.73. The number of nitrogens with one attached hydrogen (secondary N) is 1. The number of aliphatic hydroxyl groups excluding tert-OH is 1. The van der Waals surface area contributed by atoms with Crippen molar-refractivity contribution in [3.8, 4) is 0 Å². The van der Waals surface area contributed by atoms with Crippen LogP contribution in [0.15, 0.2) is 59.9 Å². The first-order chi connectivity index (χ1) is 15.0. The maximum atomic E-state index is 13.2. The molecular formula is C22H21ClN4O4S. The molecule has 1 aromatic heterocycles. The first kappa shape index (κ1) is 22.2. The van der Waals surface area contributed by atoms with Gasteiger partial charge in [0.25, 0.3) is 15.9 Å². The number of amides is 1. The molecule has 166 valence electrons. The zero-order valence-electron chi connectivity index (χ0n) is 17.6. The number of sulfonamides is 1. The van der Waals surface area contributed by atoms with E-state index in [9.17, 15) is 18.3 Å². The van der Waals surface area contributed by atoms with Crippen LogP contribution in [0.4, 0.5) is 11.5 Å². The lowest BCUT2D eigenvalue weighted by Gasteiger charge is -2.19. The van der Waals surface area contributed by atoms with E-state index in [0.717, 1.165) is 10.5 Å². The molecule has 0 saturated heterocycles. The zero-order chi connectivity index (χ0) is 23.3. The number of carbonyl (C=O) groups is 1. The van der Waals surface area contributed by atoms with E-state index in [1.807, 2.05) is 20.8 Å². The van der Waals surface area contributed by atoms with Gasteiger partial charge in [-0.05, 0) is 35.2 Å². The van der Waals surface area contributed by atoms with E-state index in [1.165, 1.54) is 42.9 Å². The van der Waals surface area contributed by atoms with Crippen molar-refractivity contribution in [2.75, 3.05) is 9.62 Å². The number of carbonyl (C=O) groups excluding carboxylic acids is 1. The summed E-state index contributed by atoms with van der Waals surface area (Å²) in [5, 5.41) is 10.9. The van der Waals surface area contributed by atoms with Crippen molar-refractivity contribution in [1.82, 2.24) is 9.97 Å². The molecule has 8 nitrogen and oxygen atoms in total. The van der Waals surface area contributed by atoms with E-state index in [-0.39, 0.29) is 38.0 Å². The second-order valence-corrected chi connectivity index (χ2v) is 10.5. The highest BCUT2D eigenvalue weighted by Crippen LogP contribution is 2.42. The van der Waals surface area contributed by atoms with Gasteiger partial charge < -0.3 is 5.11 Å². The van der Waals surface area contributed by atoms with E-state index in [0.29, 0.717) is 0 Å². The summed E-state index contributed by atoms with van der Waals surface area (Å²) >= 11 is 6.25. The molecule has 1 aliphatic heterocycles. The minimum absolute atomic E-state index is 0.0136. The highest BCUT2D eigenvalue weighted by Gasteiger charge is 2.41. The number of anilines is 2. The second kappa shape index (κ2) is 7.84. The van der Waals surface area contributed by atoms with Crippen molar-refractivity contribution in [1.29, 1.82) is 0 Å². The molecule has 2 aromatic carbocycles. The highest BCUT2D eigenvalue weighted by molar-refractivity contribution is 7.92. The molecule has 0 saturated carbocycles. The van der Waals surface area contributed by atoms with Crippen molar-refractivity contribution in [2.24, 2.45) is 0 Å². The fourth-order valence-corrected chi connectivity index (χ4v) is 4.83. The van der Waals surface area contributed by atoms with Gasteiger partial charge >= 0.3 is 0 Å². The summed E-state index contributed by atoms with van der Waals surface area (Å²) in [4.78, 5) is 22.2. The molecule has 0 bridgehead atoms. The smallest absolute Gasteiger partial charge is 0.264 e. The number of aliphatic hydroxyl groups is 1. The normalized spacial score (nSPS) is 16.2. The Hall–Kier alpha value is -3.01. The number of benzene rings is 2. The SMILES string of the molecule is CC(C)(C)c1ccc(S(=O)(=O)Nc2ccc(Cl)c3c2C(=O)N(c2cnccn2)C3O)cc1. The van der Waals surface area contributed by atoms with Gasteiger partial charge in [0.15, 0.2) is 12.0 Å². The van der Waals surface area contributed by atoms with E-state index in [2.05, 4.69) is 14.7 Å². The zero-order valence-corrected chi connectivity index (χ0v) is 19.1. The topological polar surface area (TPSA) is 112 Å². The molecule has 0 spiro atoms. The molecule has 1 unspecified atom stereocenters. The van der Waals surface area contributed by atoms with Gasteiger partial charge in [-0.2, -0.15) is 0 Å². The molecule has 0 radical (unpaired) electrons. The summed E-state index contributed by atoms with van der Waals surface area (Å²) in [5.74, 6) is -0.528. The van der Waals surface area contributed by atoms with Gasteiger partial charge in [-0.3, -0.25) is 19.4 Å². The second-order valence-electron chi connectivity index (χ2n) is 8.38. The maximum Gasteiger partial charge on any atom is 0.264 e. The Morgan fingerprint density at radius 2 is 1.78 bits per heavy atom. The van der Waals surface area contributed by atoms with E-state index >= 15 is 0 Å². The Morgan fingerprint density at radius 1 is 1.09 bits per heavy atom. The summed E-state index contributed by atoms with van der Waals surface area (Å²) in [6, 6.07) is 9.37. The van der Waals surface area contributed by atoms with Crippen LogP contribution in [0.5, 0.6) is 0 Å². The molecule has 2 heterocycles. The first-order valence-electron chi connectivity index (χ1n) is 9.74. The molecule has 1 atom stereocenters. The van der Waals surface area contributed by atoms with E-state index in [4.69, 9.17) is 11.6 Å². The monoisotopic (exact) mass is 472 g/mol. The number of hydrogen-bond donors (Lipinski definition) is 2. The van der Waals surface area contributed by atoms with Crippen molar-refractivity contribution < 1.29 is 18.3 Å². The van der Waals surface area contributed by atoms with Crippen LogP contribution in [-0.4, -0.2) is 29.4 Å². The molecule has 3 aromatic rings. The average molecular weight is 473 g/mol. The molecular weight excluding hydrogens is 452 g/mol. The maximum absolute atomic E-state index is 13.2.